The molecule has 0 saturated carbocycles. The van der Waals surface area contributed by atoms with E-state index >= 15 is 0 Å². The third kappa shape index (κ3) is 4.42. The van der Waals surface area contributed by atoms with E-state index in [9.17, 15) is 4.79 Å². The lowest BCUT2D eigenvalue weighted by atomic mass is 9.85. The first kappa shape index (κ1) is 15.2. The van der Waals surface area contributed by atoms with Gasteiger partial charge in [-0.05, 0) is 30.4 Å². The summed E-state index contributed by atoms with van der Waals surface area (Å²) in [6, 6.07) is 1.75. The largest absolute Gasteiger partial charge is 0.478 e. The fraction of sp³-hybridized carbons (Fsp3) is 0.643. The minimum Gasteiger partial charge on any atom is -0.478 e. The van der Waals surface area contributed by atoms with Crippen LogP contribution in [0.1, 0.15) is 42.9 Å². The van der Waals surface area contributed by atoms with Crippen molar-refractivity contribution in [1.29, 1.82) is 0 Å². The third-order valence-electron chi connectivity index (χ3n) is 3.29. The van der Waals surface area contributed by atoms with Crippen LogP contribution in [0.4, 0.5) is 0 Å². The molecule has 0 radical (unpaired) electrons. The molecular weight excluding hydrogens is 246 g/mol. The summed E-state index contributed by atoms with van der Waals surface area (Å²) < 4.78 is 0. The van der Waals surface area contributed by atoms with Crippen molar-refractivity contribution < 1.29 is 9.90 Å². The molecule has 1 aromatic heterocycles. The molecule has 1 heterocycles. The first-order valence-corrected chi connectivity index (χ1v) is 7.31. The highest BCUT2D eigenvalue weighted by Gasteiger charge is 2.16. The van der Waals surface area contributed by atoms with Crippen LogP contribution in [0.2, 0.25) is 0 Å². The van der Waals surface area contributed by atoms with Gasteiger partial charge in [0.05, 0.1) is 5.56 Å². The summed E-state index contributed by atoms with van der Waals surface area (Å²) in [4.78, 5) is 11.8. The molecule has 2 N–H and O–H groups in total. The van der Waals surface area contributed by atoms with Gasteiger partial charge in [-0.3, -0.25) is 0 Å². The van der Waals surface area contributed by atoms with E-state index in [4.69, 9.17) is 5.11 Å². The second kappa shape index (κ2) is 6.90. The smallest absolute Gasteiger partial charge is 0.336 e. The number of aromatic carboxylic acids is 1. The molecule has 0 bridgehead atoms. The Morgan fingerprint density at radius 3 is 2.39 bits per heavy atom. The van der Waals surface area contributed by atoms with Gasteiger partial charge >= 0.3 is 5.97 Å². The highest BCUT2D eigenvalue weighted by molar-refractivity contribution is 7.10. The minimum absolute atomic E-state index is 0.390. The minimum atomic E-state index is -0.847. The van der Waals surface area contributed by atoms with Crippen LogP contribution in [0.25, 0.3) is 0 Å². The van der Waals surface area contributed by atoms with Crippen LogP contribution in [0, 0.1) is 17.8 Å². The third-order valence-corrected chi connectivity index (χ3v) is 4.23. The topological polar surface area (TPSA) is 49.3 Å². The number of hydrogen-bond acceptors (Lipinski definition) is 3. The van der Waals surface area contributed by atoms with Crippen molar-refractivity contribution in [3.8, 4) is 0 Å². The summed E-state index contributed by atoms with van der Waals surface area (Å²) in [5.74, 6) is 1.13. The molecule has 0 amide bonds. The van der Waals surface area contributed by atoms with Crippen molar-refractivity contribution in [2.45, 2.75) is 34.2 Å². The Morgan fingerprint density at radius 1 is 1.33 bits per heavy atom. The molecule has 4 heteroatoms. The molecule has 0 atom stereocenters. The van der Waals surface area contributed by atoms with Crippen molar-refractivity contribution in [1.82, 2.24) is 5.32 Å². The van der Waals surface area contributed by atoms with Crippen molar-refractivity contribution in [2.24, 2.45) is 17.8 Å². The summed E-state index contributed by atoms with van der Waals surface area (Å²) in [6.07, 6.45) is 0. The fourth-order valence-corrected chi connectivity index (χ4v) is 3.02. The van der Waals surface area contributed by atoms with Gasteiger partial charge < -0.3 is 10.4 Å². The Kier molecular flexibility index (Phi) is 5.82. The molecule has 1 rings (SSSR count). The van der Waals surface area contributed by atoms with Gasteiger partial charge in [-0.1, -0.05) is 27.7 Å². The zero-order valence-corrected chi connectivity index (χ0v) is 12.4. The average molecular weight is 269 g/mol. The summed E-state index contributed by atoms with van der Waals surface area (Å²) in [5.41, 5.74) is 0.390. The van der Waals surface area contributed by atoms with Crippen molar-refractivity contribution in [3.63, 3.8) is 0 Å². The van der Waals surface area contributed by atoms with E-state index in [1.807, 2.05) is 0 Å². The number of carboxylic acid groups (broad SMARTS) is 1. The number of rotatable bonds is 7. The van der Waals surface area contributed by atoms with Gasteiger partial charge in [0.2, 0.25) is 0 Å². The molecule has 3 nitrogen and oxygen atoms in total. The van der Waals surface area contributed by atoms with Gasteiger partial charge in [0.1, 0.15) is 0 Å². The van der Waals surface area contributed by atoms with Crippen LogP contribution in [-0.4, -0.2) is 17.6 Å². The summed E-state index contributed by atoms with van der Waals surface area (Å²) in [6.45, 7) is 10.7. The van der Waals surface area contributed by atoms with Crippen molar-refractivity contribution >= 4 is 17.3 Å². The number of thiophene rings is 1. The summed E-state index contributed by atoms with van der Waals surface area (Å²) >= 11 is 1.50. The Bertz CT molecular complexity index is 377. The molecule has 102 valence electrons. The van der Waals surface area contributed by atoms with Crippen LogP contribution in [0.3, 0.4) is 0 Å². The maximum absolute atomic E-state index is 10.8. The monoisotopic (exact) mass is 269 g/mol. The van der Waals surface area contributed by atoms with Crippen molar-refractivity contribution in [3.05, 3.63) is 21.9 Å². The van der Waals surface area contributed by atoms with E-state index in [0.717, 1.165) is 18.0 Å². The predicted octanol–water partition coefficient (Wildman–Crippen LogP) is 3.46. The molecule has 0 aliphatic carbocycles. The molecule has 0 aliphatic heterocycles. The highest BCUT2D eigenvalue weighted by Crippen LogP contribution is 2.20. The Labute approximate surface area is 113 Å². The normalized spacial score (nSPS) is 11.7. The molecule has 0 aromatic carbocycles. The second-order valence-corrected chi connectivity index (χ2v) is 6.39. The zero-order valence-electron chi connectivity index (χ0n) is 11.6. The van der Waals surface area contributed by atoms with E-state index in [1.54, 1.807) is 11.4 Å². The molecule has 0 saturated heterocycles. The predicted molar refractivity (Wildman–Crippen MR) is 76.2 cm³/mol. The van der Waals surface area contributed by atoms with Gasteiger partial charge in [-0.25, -0.2) is 4.79 Å². The SMILES string of the molecule is CC(C)C(CNCc1cc(C(=O)O)cs1)C(C)C. The fourth-order valence-electron chi connectivity index (χ4n) is 2.19. The van der Waals surface area contributed by atoms with Crippen molar-refractivity contribution in [2.75, 3.05) is 6.54 Å². The van der Waals surface area contributed by atoms with E-state index in [0.29, 0.717) is 23.3 Å². The lowest BCUT2D eigenvalue weighted by Crippen LogP contribution is -2.29. The standard InChI is InChI=1S/C14H23NO2S/c1-9(2)13(10(3)4)7-15-6-12-5-11(8-18-12)14(16)17/h5,8-10,13,15H,6-7H2,1-4H3,(H,16,17). The highest BCUT2D eigenvalue weighted by atomic mass is 32.1. The Balaban J connectivity index is 2.42. The van der Waals surface area contributed by atoms with Gasteiger partial charge in [0.25, 0.3) is 0 Å². The van der Waals surface area contributed by atoms with Crippen LogP contribution >= 0.6 is 11.3 Å². The Hall–Kier alpha value is -0.870. The first-order valence-electron chi connectivity index (χ1n) is 6.43. The van der Waals surface area contributed by atoms with E-state index in [-0.39, 0.29) is 0 Å². The molecule has 0 unspecified atom stereocenters. The van der Waals surface area contributed by atoms with Crippen LogP contribution in [-0.2, 0) is 6.54 Å². The van der Waals surface area contributed by atoms with Crippen LogP contribution in [0.15, 0.2) is 11.4 Å². The number of carbonyl (C=O) groups is 1. The van der Waals surface area contributed by atoms with Gasteiger partial charge in [-0.2, -0.15) is 0 Å². The lowest BCUT2D eigenvalue weighted by Gasteiger charge is -2.25. The average Bonchev–Trinajstić information content (AvgIpc) is 2.71. The van der Waals surface area contributed by atoms with Gasteiger partial charge in [-0.15, -0.1) is 11.3 Å². The molecule has 0 fully saturated rings. The summed E-state index contributed by atoms with van der Waals surface area (Å²) in [7, 11) is 0. The summed E-state index contributed by atoms with van der Waals surface area (Å²) in [5, 5.41) is 14.0. The van der Waals surface area contributed by atoms with Gasteiger partial charge in [0.15, 0.2) is 0 Å². The van der Waals surface area contributed by atoms with Crippen LogP contribution in [0.5, 0.6) is 0 Å². The number of hydrogen-bond donors (Lipinski definition) is 2. The molecule has 18 heavy (non-hydrogen) atoms. The quantitative estimate of drug-likeness (QED) is 0.797. The molecule has 0 spiro atoms. The second-order valence-electron chi connectivity index (χ2n) is 5.39. The van der Waals surface area contributed by atoms with E-state index in [1.165, 1.54) is 11.3 Å². The maximum atomic E-state index is 10.8. The molecule has 0 aliphatic rings. The zero-order chi connectivity index (χ0) is 13.7. The van der Waals surface area contributed by atoms with E-state index in [2.05, 4.69) is 33.0 Å². The number of carboxylic acids is 1. The van der Waals surface area contributed by atoms with Crippen LogP contribution < -0.4 is 5.32 Å². The number of nitrogens with one attached hydrogen (secondary N) is 1. The first-order chi connectivity index (χ1) is 8.41. The molecule has 1 aromatic rings. The lowest BCUT2D eigenvalue weighted by molar-refractivity contribution is 0.0697. The Morgan fingerprint density at radius 2 is 1.94 bits per heavy atom. The van der Waals surface area contributed by atoms with E-state index < -0.39 is 5.97 Å². The maximum Gasteiger partial charge on any atom is 0.336 e. The molecular formula is C14H23NO2S. The van der Waals surface area contributed by atoms with Gasteiger partial charge in [0, 0.05) is 16.8 Å².